The first-order chi connectivity index (χ1) is 15.5. The molecule has 3 aromatic rings. The largest absolute Gasteiger partial charge is 0.573 e. The third-order valence-electron chi connectivity index (χ3n) is 5.50. The molecule has 33 heavy (non-hydrogen) atoms. The molecule has 1 saturated heterocycles. The van der Waals surface area contributed by atoms with Gasteiger partial charge < -0.3 is 4.74 Å². The summed E-state index contributed by atoms with van der Waals surface area (Å²) in [7, 11) is 0. The monoisotopic (exact) mass is 494 g/mol. The zero-order valence-electron chi connectivity index (χ0n) is 17.6. The van der Waals surface area contributed by atoms with Crippen LogP contribution in [-0.2, 0) is 0 Å². The van der Waals surface area contributed by atoms with Crippen molar-refractivity contribution in [1.29, 1.82) is 0 Å². The fourth-order valence-electron chi connectivity index (χ4n) is 4.24. The van der Waals surface area contributed by atoms with Crippen LogP contribution in [0.15, 0.2) is 72.8 Å². The summed E-state index contributed by atoms with van der Waals surface area (Å²) in [6.45, 7) is 3.72. The average Bonchev–Trinajstić information content (AvgIpc) is 2.93. The molecule has 0 N–H and O–H groups in total. The fourth-order valence-corrected chi connectivity index (χ4v) is 4.49. The van der Waals surface area contributed by atoms with E-state index in [2.05, 4.69) is 4.74 Å². The Morgan fingerprint density at radius 3 is 1.97 bits per heavy atom. The van der Waals surface area contributed by atoms with Gasteiger partial charge in [0.15, 0.2) is 0 Å². The molecule has 0 unspecified atom stereocenters. The first kappa shape index (κ1) is 23.3. The van der Waals surface area contributed by atoms with Crippen LogP contribution in [0.25, 0.3) is 0 Å². The van der Waals surface area contributed by atoms with Crippen LogP contribution in [-0.4, -0.2) is 17.9 Å². The van der Waals surface area contributed by atoms with Crippen molar-refractivity contribution in [1.82, 2.24) is 0 Å². The number of urea groups is 1. The molecule has 4 rings (SSSR count). The maximum Gasteiger partial charge on any atom is 0.573 e. The Balaban J connectivity index is 1.86. The van der Waals surface area contributed by atoms with Crippen molar-refractivity contribution >= 4 is 40.6 Å². The molecule has 0 spiro atoms. The maximum absolute atomic E-state index is 13.8. The Hall–Kier alpha value is -2.90. The first-order valence-corrected chi connectivity index (χ1v) is 10.7. The van der Waals surface area contributed by atoms with Crippen molar-refractivity contribution in [3.8, 4) is 5.75 Å². The van der Waals surface area contributed by atoms with Gasteiger partial charge in [0.25, 0.3) is 0 Å². The van der Waals surface area contributed by atoms with Crippen molar-refractivity contribution in [2.75, 3.05) is 9.80 Å². The van der Waals surface area contributed by atoms with E-state index in [0.717, 1.165) is 0 Å². The van der Waals surface area contributed by atoms with Gasteiger partial charge in [0.1, 0.15) is 5.75 Å². The van der Waals surface area contributed by atoms with Crippen LogP contribution in [0.4, 0.5) is 29.3 Å². The van der Waals surface area contributed by atoms with E-state index >= 15 is 0 Å². The highest BCUT2D eigenvalue weighted by Crippen LogP contribution is 2.48. The zero-order valence-corrected chi connectivity index (χ0v) is 19.1. The molecule has 0 bridgehead atoms. The van der Waals surface area contributed by atoms with Gasteiger partial charge in [-0.2, -0.15) is 0 Å². The maximum atomic E-state index is 13.8. The highest BCUT2D eigenvalue weighted by atomic mass is 35.5. The van der Waals surface area contributed by atoms with E-state index in [4.69, 9.17) is 23.2 Å². The quantitative estimate of drug-likeness (QED) is 0.369. The molecule has 0 radical (unpaired) electrons. The van der Waals surface area contributed by atoms with Crippen LogP contribution in [0.1, 0.15) is 25.5 Å². The number of alkyl halides is 3. The Bertz CT molecular complexity index is 1170. The van der Waals surface area contributed by atoms with Gasteiger partial charge in [-0.05, 0) is 80.1 Å². The lowest BCUT2D eigenvalue weighted by molar-refractivity contribution is -0.274. The average molecular weight is 495 g/mol. The minimum absolute atomic E-state index is 0.336. The van der Waals surface area contributed by atoms with Gasteiger partial charge in [-0.1, -0.05) is 35.3 Å². The number of anilines is 2. The van der Waals surface area contributed by atoms with E-state index in [9.17, 15) is 18.0 Å². The van der Waals surface area contributed by atoms with E-state index < -0.39 is 17.9 Å². The lowest BCUT2D eigenvalue weighted by Crippen LogP contribution is -2.43. The summed E-state index contributed by atoms with van der Waals surface area (Å²) in [6, 6.07) is 18.2. The normalized spacial score (nSPS) is 18.0. The molecule has 4 nitrogen and oxygen atoms in total. The van der Waals surface area contributed by atoms with E-state index in [1.54, 1.807) is 64.4 Å². The molecule has 1 heterocycles. The first-order valence-electron chi connectivity index (χ1n) is 9.97. The molecule has 0 saturated carbocycles. The number of halogens is 5. The molecule has 1 atom stereocenters. The van der Waals surface area contributed by atoms with Crippen molar-refractivity contribution in [2.24, 2.45) is 0 Å². The second-order valence-corrected chi connectivity index (χ2v) is 8.99. The van der Waals surface area contributed by atoms with Gasteiger partial charge in [0, 0.05) is 21.4 Å². The molecule has 2 amide bonds. The van der Waals surface area contributed by atoms with Crippen molar-refractivity contribution < 1.29 is 22.7 Å². The Kier molecular flexibility index (Phi) is 5.97. The smallest absolute Gasteiger partial charge is 0.406 e. The van der Waals surface area contributed by atoms with Gasteiger partial charge in [0.05, 0.1) is 11.6 Å². The second-order valence-electron chi connectivity index (χ2n) is 8.12. The number of rotatable bonds is 4. The van der Waals surface area contributed by atoms with Crippen LogP contribution in [0, 0.1) is 0 Å². The standard InChI is InChI=1S/C24H19Cl2F3N2O2/c1-23(2)21(15-4-3-5-20(14-15)33-24(27,28)29)30(18-10-6-16(25)7-11-18)22(32)31(23)19-12-8-17(26)9-13-19/h3-14,21H,1-2H3/t21-/m1/s1. The summed E-state index contributed by atoms with van der Waals surface area (Å²) in [5, 5.41) is 1.02. The zero-order chi connectivity index (χ0) is 24.0. The van der Waals surface area contributed by atoms with Gasteiger partial charge in [-0.3, -0.25) is 9.80 Å². The molecule has 9 heteroatoms. The number of benzene rings is 3. The van der Waals surface area contributed by atoms with Crippen molar-refractivity contribution in [2.45, 2.75) is 31.8 Å². The third kappa shape index (κ3) is 4.61. The van der Waals surface area contributed by atoms with E-state index in [0.29, 0.717) is 27.0 Å². The highest BCUT2D eigenvalue weighted by Gasteiger charge is 2.53. The SMILES string of the molecule is CC1(C)[C@@H](c2cccc(OC(F)(F)F)c2)N(c2ccc(Cl)cc2)C(=O)N1c1ccc(Cl)cc1. The lowest BCUT2D eigenvalue weighted by atomic mass is 9.87. The molecule has 0 aromatic heterocycles. The molecule has 172 valence electrons. The Labute approximate surface area is 199 Å². The Morgan fingerprint density at radius 2 is 1.42 bits per heavy atom. The number of hydrogen-bond donors (Lipinski definition) is 0. The van der Waals surface area contributed by atoms with E-state index in [-0.39, 0.29) is 11.8 Å². The summed E-state index contributed by atoms with van der Waals surface area (Å²) < 4.78 is 42.7. The number of ether oxygens (including phenoxy) is 1. The fraction of sp³-hybridized carbons (Fsp3) is 0.208. The number of carbonyl (C=O) groups is 1. The predicted molar refractivity (Wildman–Crippen MR) is 123 cm³/mol. The lowest BCUT2D eigenvalue weighted by Gasteiger charge is -2.35. The molecule has 0 aliphatic carbocycles. The van der Waals surface area contributed by atoms with Gasteiger partial charge in [-0.15, -0.1) is 13.2 Å². The van der Waals surface area contributed by atoms with Crippen LogP contribution < -0.4 is 14.5 Å². The number of nitrogens with zero attached hydrogens (tertiary/aromatic N) is 2. The minimum atomic E-state index is -4.83. The minimum Gasteiger partial charge on any atom is -0.406 e. The van der Waals surface area contributed by atoms with Crippen LogP contribution in [0.2, 0.25) is 10.0 Å². The van der Waals surface area contributed by atoms with Crippen LogP contribution in [0.3, 0.4) is 0 Å². The van der Waals surface area contributed by atoms with Crippen molar-refractivity contribution in [3.63, 3.8) is 0 Å². The summed E-state index contributed by atoms with van der Waals surface area (Å²) >= 11 is 12.1. The van der Waals surface area contributed by atoms with Crippen LogP contribution >= 0.6 is 23.2 Å². The molecule has 1 fully saturated rings. The molecule has 1 aliphatic heterocycles. The third-order valence-corrected chi connectivity index (χ3v) is 6.00. The van der Waals surface area contributed by atoms with Gasteiger partial charge in [0.2, 0.25) is 0 Å². The summed E-state index contributed by atoms with van der Waals surface area (Å²) in [5.74, 6) is -0.357. The number of amides is 2. The summed E-state index contributed by atoms with van der Waals surface area (Å²) in [4.78, 5) is 16.9. The van der Waals surface area contributed by atoms with Gasteiger partial charge in [-0.25, -0.2) is 4.79 Å². The highest BCUT2D eigenvalue weighted by molar-refractivity contribution is 6.31. The Morgan fingerprint density at radius 1 is 0.879 bits per heavy atom. The van der Waals surface area contributed by atoms with E-state index in [1.807, 2.05) is 13.8 Å². The summed E-state index contributed by atoms with van der Waals surface area (Å²) in [6.07, 6.45) is -4.83. The predicted octanol–water partition coefficient (Wildman–Crippen LogP) is 7.86. The molecule has 3 aromatic carbocycles. The van der Waals surface area contributed by atoms with Gasteiger partial charge >= 0.3 is 12.4 Å². The second kappa shape index (κ2) is 8.47. The topological polar surface area (TPSA) is 32.8 Å². The molecular formula is C24H19Cl2F3N2O2. The van der Waals surface area contributed by atoms with Crippen LogP contribution in [0.5, 0.6) is 5.75 Å². The summed E-state index contributed by atoms with van der Waals surface area (Å²) in [5.41, 5.74) is 0.794. The number of carbonyl (C=O) groups excluding carboxylic acids is 1. The molecule has 1 aliphatic rings. The molecular weight excluding hydrogens is 476 g/mol. The van der Waals surface area contributed by atoms with E-state index in [1.165, 1.54) is 18.2 Å². The van der Waals surface area contributed by atoms with Crippen molar-refractivity contribution in [3.05, 3.63) is 88.4 Å². The number of hydrogen-bond acceptors (Lipinski definition) is 2.